The van der Waals surface area contributed by atoms with Crippen LogP contribution >= 0.6 is 11.3 Å². The fourth-order valence-electron chi connectivity index (χ4n) is 4.33. The summed E-state index contributed by atoms with van der Waals surface area (Å²) in [5.41, 5.74) is 2.92. The van der Waals surface area contributed by atoms with Crippen molar-refractivity contribution in [1.29, 1.82) is 0 Å². The minimum Gasteiger partial charge on any atom is -0.453 e. The summed E-state index contributed by atoms with van der Waals surface area (Å²) >= 11 is 1.47. The predicted octanol–water partition coefficient (Wildman–Crippen LogP) is 6.12. The van der Waals surface area contributed by atoms with Crippen molar-refractivity contribution in [3.63, 3.8) is 0 Å². The van der Waals surface area contributed by atoms with Crippen molar-refractivity contribution in [1.82, 2.24) is 20.2 Å². The lowest BCUT2D eigenvalue weighted by Crippen LogP contribution is -2.30. The molecule has 0 radical (unpaired) electrons. The molecular formula is C27H25F2N5O2S. The van der Waals surface area contributed by atoms with Crippen LogP contribution in [0.1, 0.15) is 24.8 Å². The molecule has 0 bridgehead atoms. The second-order valence-electron chi connectivity index (χ2n) is 9.43. The number of ether oxygens (including phenoxy) is 1. The van der Waals surface area contributed by atoms with Gasteiger partial charge in [-0.25, -0.2) is 13.6 Å². The molecule has 1 saturated heterocycles. The highest BCUT2D eigenvalue weighted by molar-refractivity contribution is 7.22. The van der Waals surface area contributed by atoms with Gasteiger partial charge in [0, 0.05) is 55.9 Å². The summed E-state index contributed by atoms with van der Waals surface area (Å²) in [7, 11) is 0. The number of carbonyl (C=O) groups excluding carboxylic acids is 1. The van der Waals surface area contributed by atoms with Crippen molar-refractivity contribution in [2.24, 2.45) is 0 Å². The van der Waals surface area contributed by atoms with Gasteiger partial charge in [0.1, 0.15) is 11.9 Å². The Balaban J connectivity index is 1.17. The summed E-state index contributed by atoms with van der Waals surface area (Å²) in [5.74, 6) is -0.0467. The van der Waals surface area contributed by atoms with Crippen LogP contribution in [-0.4, -0.2) is 46.2 Å². The number of hydrogen-bond donors (Lipinski definition) is 2. The minimum absolute atomic E-state index is 0.0514. The molecule has 7 nitrogen and oxygen atoms in total. The van der Waals surface area contributed by atoms with Gasteiger partial charge >= 0.3 is 6.03 Å². The van der Waals surface area contributed by atoms with E-state index in [1.165, 1.54) is 23.5 Å². The molecule has 2 N–H and O–H groups in total. The first kappa shape index (κ1) is 23.7. The molecule has 4 heterocycles. The summed E-state index contributed by atoms with van der Waals surface area (Å²) < 4.78 is 34.9. The van der Waals surface area contributed by atoms with Gasteiger partial charge in [-0.05, 0) is 49.1 Å². The molecule has 3 aromatic heterocycles. The second-order valence-corrected chi connectivity index (χ2v) is 10.5. The third-order valence-electron chi connectivity index (χ3n) is 6.40. The number of thiophene rings is 1. The Morgan fingerprint density at radius 2 is 2.00 bits per heavy atom. The van der Waals surface area contributed by atoms with Crippen molar-refractivity contribution in [2.45, 2.75) is 38.0 Å². The molecule has 2 fully saturated rings. The molecule has 0 unspecified atom stereocenters. The van der Waals surface area contributed by atoms with Gasteiger partial charge < -0.3 is 15.4 Å². The monoisotopic (exact) mass is 521 g/mol. The van der Waals surface area contributed by atoms with Gasteiger partial charge in [0.25, 0.3) is 0 Å². The minimum atomic E-state index is -0.740. The smallest absolute Gasteiger partial charge is 0.319 e. The molecular weight excluding hydrogens is 496 g/mol. The van der Waals surface area contributed by atoms with Crippen LogP contribution in [0.4, 0.5) is 19.3 Å². The van der Waals surface area contributed by atoms with E-state index in [-0.39, 0.29) is 17.8 Å². The highest BCUT2D eigenvalue weighted by Gasteiger charge is 2.23. The molecule has 2 aliphatic rings. The zero-order valence-electron chi connectivity index (χ0n) is 19.9. The van der Waals surface area contributed by atoms with Crippen LogP contribution in [0.5, 0.6) is 11.5 Å². The topological polar surface area (TPSA) is 79.4 Å². The molecule has 10 heteroatoms. The van der Waals surface area contributed by atoms with Crippen LogP contribution in [0.25, 0.3) is 20.8 Å². The van der Waals surface area contributed by atoms with E-state index < -0.39 is 12.0 Å². The van der Waals surface area contributed by atoms with Crippen molar-refractivity contribution in [2.75, 3.05) is 18.4 Å². The lowest BCUT2D eigenvalue weighted by atomic mass is 10.2. The van der Waals surface area contributed by atoms with Gasteiger partial charge in [0.05, 0.1) is 20.8 Å². The molecule has 1 aliphatic carbocycles. The van der Waals surface area contributed by atoms with Crippen LogP contribution in [0, 0.1) is 5.82 Å². The van der Waals surface area contributed by atoms with Crippen LogP contribution < -0.4 is 15.4 Å². The van der Waals surface area contributed by atoms with Gasteiger partial charge in [-0.1, -0.05) is 6.07 Å². The zero-order valence-corrected chi connectivity index (χ0v) is 20.7. The average molecular weight is 522 g/mol. The Bertz CT molecular complexity index is 1440. The zero-order chi connectivity index (χ0) is 25.4. The lowest BCUT2D eigenvalue weighted by molar-refractivity contribution is 0.251. The molecule has 1 atom stereocenters. The lowest BCUT2D eigenvalue weighted by Gasteiger charge is -2.14. The van der Waals surface area contributed by atoms with Gasteiger partial charge in [-0.2, -0.15) is 0 Å². The number of benzene rings is 1. The maximum absolute atomic E-state index is 14.8. The van der Waals surface area contributed by atoms with E-state index in [9.17, 15) is 13.6 Å². The normalized spacial score (nSPS) is 17.7. The molecule has 37 heavy (non-hydrogen) atoms. The van der Waals surface area contributed by atoms with Gasteiger partial charge in [-0.3, -0.25) is 14.9 Å². The number of pyridine rings is 2. The van der Waals surface area contributed by atoms with E-state index in [0.29, 0.717) is 30.9 Å². The van der Waals surface area contributed by atoms with Gasteiger partial charge in [-0.15, -0.1) is 11.3 Å². The Morgan fingerprint density at radius 3 is 2.73 bits per heavy atom. The second kappa shape index (κ2) is 10.0. The Morgan fingerprint density at radius 1 is 1.11 bits per heavy atom. The van der Waals surface area contributed by atoms with Gasteiger partial charge in [0.15, 0.2) is 11.6 Å². The fraction of sp³-hybridized carbons (Fsp3) is 0.296. The van der Waals surface area contributed by atoms with E-state index >= 15 is 0 Å². The quantitative estimate of drug-likeness (QED) is 0.306. The largest absolute Gasteiger partial charge is 0.453 e. The van der Waals surface area contributed by atoms with Crippen molar-refractivity contribution >= 4 is 33.3 Å². The van der Waals surface area contributed by atoms with Crippen LogP contribution in [0.2, 0.25) is 0 Å². The standard InChI is InChI=1S/C27H25F2N5O2S/c28-17-8-10-34(15-17)14-16-1-5-21(31-13-16)25-12-22-26(37-25)24(7-9-30-22)36-23-6-4-19(11-20(23)29)33-27(35)32-18-2-3-18/h1,4-7,9,11-13,17-18H,2-3,8,10,14-15H2,(H2,32,33,35)/t17-/m0/s1. The maximum atomic E-state index is 14.8. The van der Waals surface area contributed by atoms with E-state index in [4.69, 9.17) is 4.74 Å². The Labute approximate surface area is 216 Å². The molecule has 6 rings (SSSR count). The number of nitrogens with zero attached hydrogens (tertiary/aromatic N) is 3. The summed E-state index contributed by atoms with van der Waals surface area (Å²) in [6.45, 7) is 1.93. The molecule has 1 saturated carbocycles. The summed E-state index contributed by atoms with van der Waals surface area (Å²) in [6.07, 6.45) is 5.24. The summed E-state index contributed by atoms with van der Waals surface area (Å²) in [5, 5.41) is 5.44. The first-order valence-electron chi connectivity index (χ1n) is 12.3. The van der Waals surface area contributed by atoms with Crippen LogP contribution in [0.15, 0.2) is 54.9 Å². The molecule has 1 aromatic carbocycles. The Kier molecular flexibility index (Phi) is 6.43. The number of fused-ring (bicyclic) bond motifs is 1. The van der Waals surface area contributed by atoms with Crippen molar-refractivity contribution in [3.8, 4) is 22.1 Å². The van der Waals surface area contributed by atoms with E-state index in [1.807, 2.05) is 24.4 Å². The number of rotatable bonds is 7. The van der Waals surface area contributed by atoms with Gasteiger partial charge in [0.2, 0.25) is 0 Å². The van der Waals surface area contributed by atoms with E-state index in [1.54, 1.807) is 18.3 Å². The number of halogens is 2. The van der Waals surface area contributed by atoms with E-state index in [2.05, 4.69) is 25.5 Å². The highest BCUT2D eigenvalue weighted by atomic mass is 32.1. The molecule has 4 aromatic rings. The number of anilines is 1. The average Bonchev–Trinajstić information content (AvgIpc) is 3.42. The molecule has 190 valence electrons. The maximum Gasteiger partial charge on any atom is 0.319 e. The number of nitrogens with one attached hydrogen (secondary N) is 2. The Hall–Kier alpha value is -3.63. The number of carbonyl (C=O) groups is 1. The molecule has 1 aliphatic heterocycles. The number of urea groups is 1. The number of hydrogen-bond acceptors (Lipinski definition) is 6. The molecule has 0 spiro atoms. The number of likely N-dealkylation sites (tertiary alicyclic amines) is 1. The number of alkyl halides is 1. The van der Waals surface area contributed by atoms with Crippen LogP contribution in [0.3, 0.4) is 0 Å². The SMILES string of the molecule is O=C(Nc1ccc(Oc2ccnc3cc(-c4ccc(CN5CC[C@H](F)C5)cn4)sc23)c(F)c1)NC1CC1. The van der Waals surface area contributed by atoms with E-state index in [0.717, 1.165) is 45.7 Å². The highest BCUT2D eigenvalue weighted by Crippen LogP contribution is 2.39. The first-order valence-corrected chi connectivity index (χ1v) is 13.1. The van der Waals surface area contributed by atoms with Crippen molar-refractivity contribution < 1.29 is 18.3 Å². The van der Waals surface area contributed by atoms with Crippen LogP contribution in [-0.2, 0) is 6.54 Å². The third kappa shape index (κ3) is 5.55. The number of aromatic nitrogens is 2. The molecule has 2 amide bonds. The summed E-state index contributed by atoms with van der Waals surface area (Å²) in [6, 6.07) is 11.8. The third-order valence-corrected chi connectivity index (χ3v) is 7.56. The summed E-state index contributed by atoms with van der Waals surface area (Å²) in [4.78, 5) is 24.0. The number of amides is 2. The fourth-order valence-corrected chi connectivity index (χ4v) is 5.37. The van der Waals surface area contributed by atoms with Crippen molar-refractivity contribution in [3.05, 3.63) is 66.2 Å². The predicted molar refractivity (Wildman–Crippen MR) is 139 cm³/mol. The first-order chi connectivity index (χ1) is 18.0.